The molecule has 2 heterocycles. The van der Waals surface area contributed by atoms with Crippen molar-refractivity contribution >= 4 is 38.2 Å². The number of allylic oxidation sites excluding steroid dienone is 1. The Hall–Kier alpha value is -2.29. The highest BCUT2D eigenvalue weighted by Crippen LogP contribution is 2.22. The molecule has 0 spiro atoms. The highest BCUT2D eigenvalue weighted by molar-refractivity contribution is 7.89. The molecule has 3 aromatic rings. The molecule has 3 rings (SSSR count). The van der Waals surface area contributed by atoms with E-state index in [4.69, 9.17) is 0 Å². The van der Waals surface area contributed by atoms with Crippen LogP contribution in [0.1, 0.15) is 26.6 Å². The van der Waals surface area contributed by atoms with Crippen molar-refractivity contribution in [3.8, 4) is 0 Å². The van der Waals surface area contributed by atoms with Crippen molar-refractivity contribution in [3.63, 3.8) is 0 Å². The molecule has 136 valence electrons. The Morgan fingerprint density at radius 2 is 1.85 bits per heavy atom. The fraction of sp³-hybridized carbons (Fsp3) is 0.222. The van der Waals surface area contributed by atoms with E-state index in [0.717, 1.165) is 25.5 Å². The zero-order chi connectivity index (χ0) is 19.1. The van der Waals surface area contributed by atoms with Gasteiger partial charge in [-0.2, -0.15) is 0 Å². The molecule has 0 radical (unpaired) electrons. The number of rotatable bonds is 5. The molecule has 1 aromatic carbocycles. The van der Waals surface area contributed by atoms with Gasteiger partial charge in [-0.25, -0.2) is 17.7 Å². The van der Waals surface area contributed by atoms with Crippen LogP contribution < -0.4 is 0 Å². The molecule has 8 heteroatoms. The van der Waals surface area contributed by atoms with Gasteiger partial charge in [-0.05, 0) is 50.3 Å². The normalized spacial score (nSPS) is 12.5. The fourth-order valence-corrected chi connectivity index (χ4v) is 4.31. The number of imidazole rings is 1. The molecule has 0 N–H and O–H groups in total. The van der Waals surface area contributed by atoms with Gasteiger partial charge in [0.25, 0.3) is 0 Å². The molecule has 0 amide bonds. The van der Waals surface area contributed by atoms with Crippen LogP contribution in [0, 0.1) is 13.8 Å². The predicted molar refractivity (Wildman–Crippen MR) is 103 cm³/mol. The fourth-order valence-electron chi connectivity index (χ4n) is 2.53. The van der Waals surface area contributed by atoms with Gasteiger partial charge in [0, 0.05) is 30.7 Å². The summed E-state index contributed by atoms with van der Waals surface area (Å²) in [6.07, 6.45) is 5.22. The Kier molecular flexibility index (Phi) is 4.83. The number of thiazole rings is 1. The van der Waals surface area contributed by atoms with E-state index in [9.17, 15) is 13.2 Å². The second-order valence-electron chi connectivity index (χ2n) is 6.09. The van der Waals surface area contributed by atoms with Crippen molar-refractivity contribution in [2.24, 2.45) is 0 Å². The molecule has 0 saturated carbocycles. The number of carbonyl (C=O) groups is 1. The molecule has 0 aliphatic carbocycles. The Labute approximate surface area is 156 Å². The van der Waals surface area contributed by atoms with Crippen LogP contribution in [0.5, 0.6) is 0 Å². The Morgan fingerprint density at radius 1 is 1.19 bits per heavy atom. The molecule has 0 aliphatic rings. The van der Waals surface area contributed by atoms with E-state index in [0.29, 0.717) is 5.56 Å². The first-order valence-electron chi connectivity index (χ1n) is 7.90. The van der Waals surface area contributed by atoms with Crippen molar-refractivity contribution in [2.75, 3.05) is 14.1 Å². The van der Waals surface area contributed by atoms with Gasteiger partial charge in [-0.3, -0.25) is 9.20 Å². The molecule has 26 heavy (non-hydrogen) atoms. The lowest BCUT2D eigenvalue weighted by molar-refractivity contribution is 0.104. The number of ketones is 1. The van der Waals surface area contributed by atoms with Crippen LogP contribution in [0.15, 0.2) is 41.4 Å². The first-order chi connectivity index (χ1) is 12.2. The van der Waals surface area contributed by atoms with Crippen molar-refractivity contribution in [3.05, 3.63) is 58.4 Å². The number of aromatic nitrogens is 2. The van der Waals surface area contributed by atoms with Gasteiger partial charge in [-0.1, -0.05) is 0 Å². The zero-order valence-electron chi connectivity index (χ0n) is 14.9. The highest BCUT2D eigenvalue weighted by Gasteiger charge is 2.17. The third-order valence-corrected chi connectivity index (χ3v) is 6.70. The largest absolute Gasteiger partial charge is 0.290 e. The molecule has 0 atom stereocenters. The van der Waals surface area contributed by atoms with E-state index in [1.807, 2.05) is 24.4 Å². The van der Waals surface area contributed by atoms with Gasteiger partial charge >= 0.3 is 0 Å². The van der Waals surface area contributed by atoms with E-state index in [2.05, 4.69) is 4.98 Å². The summed E-state index contributed by atoms with van der Waals surface area (Å²) >= 11 is 1.60. The number of sulfonamides is 1. The van der Waals surface area contributed by atoms with Crippen LogP contribution in [0.2, 0.25) is 0 Å². The minimum Gasteiger partial charge on any atom is -0.290 e. The molecule has 0 saturated heterocycles. The van der Waals surface area contributed by atoms with Crippen LogP contribution in [-0.4, -0.2) is 42.0 Å². The van der Waals surface area contributed by atoms with Crippen LogP contribution in [0.4, 0.5) is 0 Å². The minimum absolute atomic E-state index is 0.158. The third-order valence-electron chi connectivity index (χ3n) is 3.97. The van der Waals surface area contributed by atoms with Crippen molar-refractivity contribution in [2.45, 2.75) is 18.7 Å². The number of fused-ring (bicyclic) bond motifs is 1. The molecule has 2 aromatic heterocycles. The summed E-state index contributed by atoms with van der Waals surface area (Å²) in [5, 5.41) is 0. The molecule has 0 bridgehead atoms. The van der Waals surface area contributed by atoms with Gasteiger partial charge in [0.15, 0.2) is 10.7 Å². The summed E-state index contributed by atoms with van der Waals surface area (Å²) in [6, 6.07) is 5.94. The van der Waals surface area contributed by atoms with Gasteiger partial charge < -0.3 is 0 Å². The van der Waals surface area contributed by atoms with E-state index in [1.54, 1.807) is 17.4 Å². The van der Waals surface area contributed by atoms with Crippen LogP contribution in [0.3, 0.4) is 0 Å². The molecular weight excluding hydrogens is 370 g/mol. The number of hydrogen-bond acceptors (Lipinski definition) is 5. The van der Waals surface area contributed by atoms with E-state index < -0.39 is 10.0 Å². The first kappa shape index (κ1) is 18.5. The van der Waals surface area contributed by atoms with E-state index in [-0.39, 0.29) is 10.7 Å². The van der Waals surface area contributed by atoms with Crippen molar-refractivity contribution in [1.29, 1.82) is 0 Å². The average Bonchev–Trinajstić information content (AvgIpc) is 3.07. The lowest BCUT2D eigenvalue weighted by atomic mass is 10.1. The monoisotopic (exact) mass is 389 g/mol. The summed E-state index contributed by atoms with van der Waals surface area (Å²) in [7, 11) is -0.561. The molecule has 0 fully saturated rings. The average molecular weight is 390 g/mol. The number of carbonyl (C=O) groups excluding carboxylic acids is 1. The predicted octanol–water partition coefficient (Wildman–Crippen LogP) is 3.16. The Bertz CT molecular complexity index is 1100. The topological polar surface area (TPSA) is 71.8 Å². The van der Waals surface area contributed by atoms with Gasteiger partial charge in [0.2, 0.25) is 10.0 Å². The van der Waals surface area contributed by atoms with Crippen LogP contribution >= 0.6 is 11.3 Å². The second kappa shape index (κ2) is 6.79. The summed E-state index contributed by atoms with van der Waals surface area (Å²) < 4.78 is 27.3. The smallest absolute Gasteiger partial charge is 0.242 e. The van der Waals surface area contributed by atoms with E-state index >= 15 is 0 Å². The second-order valence-corrected chi connectivity index (χ2v) is 9.45. The summed E-state index contributed by atoms with van der Waals surface area (Å²) in [4.78, 5) is 19.1. The number of nitrogens with zero attached hydrogens (tertiary/aromatic N) is 3. The zero-order valence-corrected chi connectivity index (χ0v) is 16.6. The van der Waals surface area contributed by atoms with Gasteiger partial charge in [-0.15, -0.1) is 11.3 Å². The molecule has 0 aliphatic heterocycles. The lowest BCUT2D eigenvalue weighted by Gasteiger charge is -2.11. The van der Waals surface area contributed by atoms with Gasteiger partial charge in [0.05, 0.1) is 16.3 Å². The van der Waals surface area contributed by atoms with Crippen LogP contribution in [0.25, 0.3) is 11.0 Å². The number of hydrogen-bond donors (Lipinski definition) is 0. The summed E-state index contributed by atoms with van der Waals surface area (Å²) in [5.41, 5.74) is 2.15. The maximum absolute atomic E-state index is 12.4. The van der Waals surface area contributed by atoms with Crippen LogP contribution in [-0.2, 0) is 10.0 Å². The van der Waals surface area contributed by atoms with E-state index in [1.165, 1.54) is 44.4 Å². The van der Waals surface area contributed by atoms with Gasteiger partial charge in [0.1, 0.15) is 0 Å². The maximum atomic E-state index is 12.4. The molecule has 0 unspecified atom stereocenters. The third kappa shape index (κ3) is 3.35. The maximum Gasteiger partial charge on any atom is 0.242 e. The molecule has 6 nitrogen and oxygen atoms in total. The SMILES string of the molecule is Cc1cn2c(C=CC(=O)c3ccc(S(=O)(=O)N(C)C)cc3)c(C)nc2s1. The Balaban J connectivity index is 1.85. The quantitative estimate of drug-likeness (QED) is 0.496. The number of aryl methyl sites for hydroxylation is 2. The summed E-state index contributed by atoms with van der Waals surface area (Å²) in [6.45, 7) is 3.91. The first-order valence-corrected chi connectivity index (χ1v) is 10.2. The minimum atomic E-state index is -3.50. The molecular formula is C18H19N3O3S2. The summed E-state index contributed by atoms with van der Waals surface area (Å²) in [5.74, 6) is -0.194. The highest BCUT2D eigenvalue weighted by atomic mass is 32.2. The number of benzene rings is 1. The van der Waals surface area contributed by atoms with Crippen molar-refractivity contribution in [1.82, 2.24) is 13.7 Å². The van der Waals surface area contributed by atoms with Crippen molar-refractivity contribution < 1.29 is 13.2 Å². The lowest BCUT2D eigenvalue weighted by Crippen LogP contribution is -2.22. The Morgan fingerprint density at radius 3 is 2.46 bits per heavy atom. The standard InChI is InChI=1S/C18H19N3O3S2/c1-12-11-21-16(13(2)19-18(21)25-12)9-10-17(22)14-5-7-15(8-6-14)26(23,24)20(3)4/h5-11H,1-4H3.